The molecule has 4 aliphatic rings. The molecule has 5 heteroatoms. The summed E-state index contributed by atoms with van der Waals surface area (Å²) in [5.74, 6) is 0.859. The van der Waals surface area contributed by atoms with Crippen molar-refractivity contribution >= 4 is 15.6 Å². The number of nitrogens with zero attached hydrogens (tertiary/aromatic N) is 2. The topological polar surface area (TPSA) is 40.6 Å². The van der Waals surface area contributed by atoms with Gasteiger partial charge in [-0.1, -0.05) is 30.3 Å². The van der Waals surface area contributed by atoms with E-state index in [0.29, 0.717) is 18.4 Å². The van der Waals surface area contributed by atoms with Gasteiger partial charge < -0.3 is 4.90 Å². The van der Waals surface area contributed by atoms with Crippen molar-refractivity contribution in [2.45, 2.75) is 43.8 Å². The Morgan fingerprint density at radius 3 is 2.44 bits per heavy atom. The minimum absolute atomic E-state index is 0.0846. The van der Waals surface area contributed by atoms with Crippen LogP contribution in [0.5, 0.6) is 0 Å². The van der Waals surface area contributed by atoms with Gasteiger partial charge in [0, 0.05) is 25.6 Å². The van der Waals surface area contributed by atoms with Crippen molar-refractivity contribution in [3.05, 3.63) is 41.5 Å². The molecule has 0 radical (unpaired) electrons. The van der Waals surface area contributed by atoms with Crippen LogP contribution in [0.3, 0.4) is 0 Å². The minimum Gasteiger partial charge on any atom is -0.303 e. The van der Waals surface area contributed by atoms with Crippen LogP contribution in [0.2, 0.25) is 0 Å². The second-order valence-electron chi connectivity index (χ2n) is 8.82. The Labute approximate surface area is 163 Å². The van der Waals surface area contributed by atoms with Gasteiger partial charge >= 0.3 is 0 Å². The fourth-order valence-corrected chi connectivity index (χ4v) is 7.05. The quantitative estimate of drug-likeness (QED) is 0.754. The highest BCUT2D eigenvalue weighted by Gasteiger charge is 2.47. The molecule has 1 aromatic carbocycles. The van der Waals surface area contributed by atoms with Crippen molar-refractivity contribution in [1.82, 2.24) is 9.21 Å². The summed E-state index contributed by atoms with van der Waals surface area (Å²) >= 11 is 0. The zero-order valence-electron chi connectivity index (χ0n) is 16.0. The third kappa shape index (κ3) is 3.50. The molecule has 1 aromatic rings. The molecule has 2 heterocycles. The molecule has 0 unspecified atom stereocenters. The van der Waals surface area contributed by atoms with Crippen LogP contribution in [-0.4, -0.2) is 55.6 Å². The average Bonchev–Trinajstić information content (AvgIpc) is 3.08. The lowest BCUT2D eigenvalue weighted by Gasteiger charge is -2.18. The van der Waals surface area contributed by atoms with Crippen LogP contribution in [0.4, 0.5) is 0 Å². The van der Waals surface area contributed by atoms with Gasteiger partial charge in [-0.05, 0) is 74.2 Å². The SMILES string of the molecule is O=S(=O)(C1CC1)N1C[C@H]2CC=C(c3ccc(CCN4CCCC4)cc3)[C@H]2C1. The van der Waals surface area contributed by atoms with E-state index < -0.39 is 10.0 Å². The molecule has 4 nitrogen and oxygen atoms in total. The molecule has 2 aliphatic heterocycles. The molecule has 2 atom stereocenters. The van der Waals surface area contributed by atoms with E-state index in [4.69, 9.17) is 0 Å². The molecule has 146 valence electrons. The Kier molecular flexibility index (Phi) is 4.65. The molecule has 5 rings (SSSR count). The van der Waals surface area contributed by atoms with Crippen LogP contribution >= 0.6 is 0 Å². The molecule has 0 spiro atoms. The van der Waals surface area contributed by atoms with Crippen molar-refractivity contribution in [2.75, 3.05) is 32.7 Å². The second kappa shape index (κ2) is 7.02. The van der Waals surface area contributed by atoms with Crippen molar-refractivity contribution < 1.29 is 8.42 Å². The van der Waals surface area contributed by atoms with Crippen LogP contribution in [0.15, 0.2) is 30.3 Å². The van der Waals surface area contributed by atoms with Gasteiger partial charge in [0.1, 0.15) is 0 Å². The Hall–Kier alpha value is -1.17. The van der Waals surface area contributed by atoms with Gasteiger partial charge in [-0.25, -0.2) is 12.7 Å². The van der Waals surface area contributed by atoms with Crippen molar-refractivity contribution in [2.24, 2.45) is 11.8 Å². The first-order valence-electron chi connectivity index (χ1n) is 10.6. The molecular weight excluding hydrogens is 356 g/mol. The highest BCUT2D eigenvalue weighted by molar-refractivity contribution is 7.90. The van der Waals surface area contributed by atoms with Gasteiger partial charge in [-0.3, -0.25) is 0 Å². The fourth-order valence-electron chi connectivity index (χ4n) is 5.13. The van der Waals surface area contributed by atoms with E-state index in [2.05, 4.69) is 35.2 Å². The van der Waals surface area contributed by atoms with E-state index >= 15 is 0 Å². The van der Waals surface area contributed by atoms with E-state index in [1.165, 1.54) is 49.2 Å². The van der Waals surface area contributed by atoms with Gasteiger partial charge in [0.05, 0.1) is 5.25 Å². The molecule has 0 aromatic heterocycles. The van der Waals surface area contributed by atoms with E-state index in [9.17, 15) is 8.42 Å². The molecular formula is C22H30N2O2S. The highest BCUT2D eigenvalue weighted by Crippen LogP contribution is 2.45. The lowest BCUT2D eigenvalue weighted by atomic mass is 9.90. The fraction of sp³-hybridized carbons (Fsp3) is 0.636. The summed E-state index contributed by atoms with van der Waals surface area (Å²) in [6, 6.07) is 9.05. The maximum atomic E-state index is 12.6. The number of likely N-dealkylation sites (tertiary alicyclic amines) is 1. The van der Waals surface area contributed by atoms with Gasteiger partial charge in [-0.2, -0.15) is 0 Å². The predicted octanol–water partition coefficient (Wildman–Crippen LogP) is 3.15. The first-order chi connectivity index (χ1) is 13.1. The Morgan fingerprint density at radius 1 is 1.00 bits per heavy atom. The summed E-state index contributed by atoms with van der Waals surface area (Å²) in [7, 11) is -3.03. The molecule has 2 aliphatic carbocycles. The van der Waals surface area contributed by atoms with Gasteiger partial charge in [-0.15, -0.1) is 0 Å². The van der Waals surface area contributed by atoms with Crippen LogP contribution < -0.4 is 0 Å². The molecule has 0 bridgehead atoms. The smallest absolute Gasteiger partial charge is 0.217 e. The summed E-state index contributed by atoms with van der Waals surface area (Å²) in [6.45, 7) is 5.09. The van der Waals surface area contributed by atoms with E-state index in [0.717, 1.165) is 32.2 Å². The number of fused-ring (bicyclic) bond motifs is 1. The van der Waals surface area contributed by atoms with E-state index in [1.807, 2.05) is 0 Å². The molecule has 0 amide bonds. The van der Waals surface area contributed by atoms with Crippen LogP contribution in [0.1, 0.15) is 43.2 Å². The second-order valence-corrected chi connectivity index (χ2v) is 11.0. The van der Waals surface area contributed by atoms with E-state index in [-0.39, 0.29) is 5.25 Å². The summed E-state index contributed by atoms with van der Waals surface area (Å²) < 4.78 is 27.0. The number of hydrogen-bond donors (Lipinski definition) is 0. The summed E-state index contributed by atoms with van der Waals surface area (Å²) in [5, 5.41) is -0.0846. The van der Waals surface area contributed by atoms with Gasteiger partial charge in [0.25, 0.3) is 0 Å². The zero-order chi connectivity index (χ0) is 18.4. The number of hydrogen-bond acceptors (Lipinski definition) is 3. The van der Waals surface area contributed by atoms with Gasteiger partial charge in [0.15, 0.2) is 0 Å². The first-order valence-corrected chi connectivity index (χ1v) is 12.1. The summed E-state index contributed by atoms with van der Waals surface area (Å²) in [4.78, 5) is 2.56. The highest BCUT2D eigenvalue weighted by atomic mass is 32.2. The van der Waals surface area contributed by atoms with E-state index in [1.54, 1.807) is 4.31 Å². The third-order valence-electron chi connectivity index (χ3n) is 6.96. The summed E-state index contributed by atoms with van der Waals surface area (Å²) in [5.41, 5.74) is 4.07. The van der Waals surface area contributed by atoms with Crippen LogP contribution in [0, 0.1) is 11.8 Å². The largest absolute Gasteiger partial charge is 0.303 e. The Morgan fingerprint density at radius 2 is 1.74 bits per heavy atom. The third-order valence-corrected chi connectivity index (χ3v) is 9.29. The number of rotatable bonds is 6. The lowest BCUT2D eigenvalue weighted by molar-refractivity contribution is 0.343. The molecule has 1 saturated carbocycles. The van der Waals surface area contributed by atoms with Crippen molar-refractivity contribution in [1.29, 1.82) is 0 Å². The Balaban J connectivity index is 1.24. The zero-order valence-corrected chi connectivity index (χ0v) is 16.8. The molecule has 3 fully saturated rings. The molecule has 0 N–H and O–H groups in total. The first kappa shape index (κ1) is 17.9. The number of sulfonamides is 1. The average molecular weight is 387 g/mol. The maximum absolute atomic E-state index is 12.6. The monoisotopic (exact) mass is 386 g/mol. The summed E-state index contributed by atoms with van der Waals surface area (Å²) in [6.07, 6.45) is 8.92. The Bertz CT molecular complexity index is 820. The molecule has 27 heavy (non-hydrogen) atoms. The van der Waals surface area contributed by atoms with Crippen LogP contribution in [0.25, 0.3) is 5.57 Å². The minimum atomic E-state index is -3.03. The van der Waals surface area contributed by atoms with Crippen molar-refractivity contribution in [3.63, 3.8) is 0 Å². The standard InChI is InChI=1S/C22H30N2O2S/c25-27(26,20-8-9-20)24-15-19-7-10-21(22(19)16-24)18-5-3-17(4-6-18)11-14-23-12-1-2-13-23/h3-6,10,19-20,22H,1-2,7-9,11-16H2/t19-,22+/m1/s1. The lowest BCUT2D eigenvalue weighted by Crippen LogP contribution is -2.32. The predicted molar refractivity (Wildman–Crippen MR) is 109 cm³/mol. The maximum Gasteiger partial charge on any atom is 0.217 e. The molecule has 2 saturated heterocycles. The number of benzene rings is 1. The normalized spacial score (nSPS) is 29.3. The van der Waals surface area contributed by atoms with Crippen molar-refractivity contribution in [3.8, 4) is 0 Å². The van der Waals surface area contributed by atoms with Crippen LogP contribution in [-0.2, 0) is 16.4 Å². The van der Waals surface area contributed by atoms with Gasteiger partial charge in [0.2, 0.25) is 10.0 Å². The number of allylic oxidation sites excluding steroid dienone is 1.